The molecule has 0 radical (unpaired) electrons. The fourth-order valence-corrected chi connectivity index (χ4v) is 3.03. The molecule has 1 fully saturated rings. The maximum atomic E-state index is 6.00. The molecule has 1 aliphatic carbocycles. The van der Waals surface area contributed by atoms with E-state index in [0.29, 0.717) is 12.6 Å². The first-order valence-electron chi connectivity index (χ1n) is 7.86. The van der Waals surface area contributed by atoms with Crippen LogP contribution in [0.3, 0.4) is 0 Å². The zero-order chi connectivity index (χ0) is 15.1. The molecule has 0 saturated heterocycles. The van der Waals surface area contributed by atoms with Crippen molar-refractivity contribution in [3.05, 3.63) is 18.2 Å². The Balaban J connectivity index is 1.99. The molecule has 1 N–H and O–H groups in total. The van der Waals surface area contributed by atoms with E-state index in [2.05, 4.69) is 12.2 Å². The van der Waals surface area contributed by atoms with Crippen molar-refractivity contribution in [2.45, 2.75) is 38.6 Å². The molecular formula is C17H27NO3. The van der Waals surface area contributed by atoms with Crippen LogP contribution in [0, 0.1) is 5.92 Å². The Kier molecular flexibility index (Phi) is 6.18. The lowest BCUT2D eigenvalue weighted by atomic mass is 9.99. The van der Waals surface area contributed by atoms with Crippen LogP contribution in [-0.2, 0) is 0 Å². The molecule has 4 heteroatoms. The Labute approximate surface area is 127 Å². The molecule has 1 saturated carbocycles. The lowest BCUT2D eigenvalue weighted by molar-refractivity contribution is 0.218. The minimum absolute atomic E-state index is 0.426. The van der Waals surface area contributed by atoms with Crippen LogP contribution in [0.25, 0.3) is 0 Å². The van der Waals surface area contributed by atoms with Crippen LogP contribution >= 0.6 is 0 Å². The quantitative estimate of drug-likeness (QED) is 0.798. The summed E-state index contributed by atoms with van der Waals surface area (Å²) in [5.74, 6) is 3.04. The summed E-state index contributed by atoms with van der Waals surface area (Å²) >= 11 is 0. The number of nitrogens with one attached hydrogen (secondary N) is 1. The van der Waals surface area contributed by atoms with Crippen molar-refractivity contribution >= 4 is 0 Å². The van der Waals surface area contributed by atoms with Gasteiger partial charge in [-0.15, -0.1) is 0 Å². The van der Waals surface area contributed by atoms with Crippen molar-refractivity contribution < 1.29 is 14.2 Å². The Morgan fingerprint density at radius 2 is 1.62 bits per heavy atom. The SMILES string of the molecule is CCNC(COc1cc(OC)cc(OC)c1)C1CCCC1. The third kappa shape index (κ3) is 4.53. The second-order valence-electron chi connectivity index (χ2n) is 5.57. The molecule has 1 unspecified atom stereocenters. The standard InChI is InChI=1S/C17H27NO3/c1-4-18-17(13-7-5-6-8-13)12-21-16-10-14(19-2)9-15(11-16)20-3/h9-11,13,17-18H,4-8,12H2,1-3H3. The highest BCUT2D eigenvalue weighted by Crippen LogP contribution is 2.30. The molecule has 4 nitrogen and oxygen atoms in total. The summed E-state index contributed by atoms with van der Waals surface area (Å²) in [6, 6.07) is 6.08. The summed E-state index contributed by atoms with van der Waals surface area (Å²) in [4.78, 5) is 0. The van der Waals surface area contributed by atoms with E-state index in [1.807, 2.05) is 18.2 Å². The van der Waals surface area contributed by atoms with E-state index in [1.165, 1.54) is 25.7 Å². The van der Waals surface area contributed by atoms with Crippen LogP contribution in [0.4, 0.5) is 0 Å². The largest absolute Gasteiger partial charge is 0.496 e. The fraction of sp³-hybridized carbons (Fsp3) is 0.647. The highest BCUT2D eigenvalue weighted by molar-refractivity contribution is 5.42. The normalized spacial score (nSPS) is 16.7. The molecule has 21 heavy (non-hydrogen) atoms. The maximum Gasteiger partial charge on any atom is 0.126 e. The van der Waals surface area contributed by atoms with Gasteiger partial charge in [0.25, 0.3) is 0 Å². The number of likely N-dealkylation sites (N-methyl/N-ethyl adjacent to an activating group) is 1. The second kappa shape index (κ2) is 8.13. The van der Waals surface area contributed by atoms with Gasteiger partial charge in [-0.05, 0) is 25.3 Å². The van der Waals surface area contributed by atoms with E-state index in [-0.39, 0.29) is 0 Å². The number of hydrogen-bond donors (Lipinski definition) is 1. The summed E-state index contributed by atoms with van der Waals surface area (Å²) in [6.45, 7) is 3.82. The van der Waals surface area contributed by atoms with Crippen molar-refractivity contribution in [1.29, 1.82) is 0 Å². The third-order valence-electron chi connectivity index (χ3n) is 4.19. The summed E-state index contributed by atoms with van der Waals surface area (Å²) in [6.07, 6.45) is 5.31. The molecule has 0 aromatic heterocycles. The molecule has 1 atom stereocenters. The van der Waals surface area contributed by atoms with Crippen LogP contribution in [0.2, 0.25) is 0 Å². The molecule has 2 rings (SSSR count). The average Bonchev–Trinajstić information content (AvgIpc) is 3.05. The molecule has 0 bridgehead atoms. The smallest absolute Gasteiger partial charge is 0.126 e. The van der Waals surface area contributed by atoms with Gasteiger partial charge in [0, 0.05) is 24.2 Å². The predicted octanol–water partition coefficient (Wildman–Crippen LogP) is 3.25. The Hall–Kier alpha value is -1.42. The van der Waals surface area contributed by atoms with E-state index < -0.39 is 0 Å². The first-order chi connectivity index (χ1) is 10.3. The van der Waals surface area contributed by atoms with E-state index in [9.17, 15) is 0 Å². The molecule has 0 aliphatic heterocycles. The van der Waals surface area contributed by atoms with Gasteiger partial charge in [-0.25, -0.2) is 0 Å². The minimum atomic E-state index is 0.426. The van der Waals surface area contributed by atoms with E-state index in [4.69, 9.17) is 14.2 Å². The third-order valence-corrected chi connectivity index (χ3v) is 4.19. The van der Waals surface area contributed by atoms with Crippen molar-refractivity contribution in [3.8, 4) is 17.2 Å². The Morgan fingerprint density at radius 1 is 1.05 bits per heavy atom. The monoisotopic (exact) mass is 293 g/mol. The van der Waals surface area contributed by atoms with Gasteiger partial charge in [-0.3, -0.25) is 0 Å². The first kappa shape index (κ1) is 16.0. The Morgan fingerprint density at radius 3 is 2.14 bits per heavy atom. The number of benzene rings is 1. The number of rotatable bonds is 8. The van der Waals surface area contributed by atoms with Gasteiger partial charge in [-0.2, -0.15) is 0 Å². The van der Waals surface area contributed by atoms with Crippen molar-refractivity contribution in [3.63, 3.8) is 0 Å². The van der Waals surface area contributed by atoms with Crippen LogP contribution in [-0.4, -0.2) is 33.4 Å². The highest BCUT2D eigenvalue weighted by Gasteiger charge is 2.24. The molecule has 1 aromatic rings. The molecule has 1 aromatic carbocycles. The first-order valence-corrected chi connectivity index (χ1v) is 7.86. The number of hydrogen-bond acceptors (Lipinski definition) is 4. The number of methoxy groups -OCH3 is 2. The summed E-state index contributed by atoms with van der Waals surface area (Å²) in [7, 11) is 3.30. The molecule has 0 spiro atoms. The van der Waals surface area contributed by atoms with E-state index in [1.54, 1.807) is 14.2 Å². The maximum absolute atomic E-state index is 6.00. The summed E-state index contributed by atoms with van der Waals surface area (Å²) in [5.41, 5.74) is 0. The van der Waals surface area contributed by atoms with Gasteiger partial charge in [0.15, 0.2) is 0 Å². The van der Waals surface area contributed by atoms with Gasteiger partial charge in [0.05, 0.1) is 14.2 Å². The number of ether oxygens (including phenoxy) is 3. The molecule has 1 aliphatic rings. The molecule has 0 heterocycles. The molecule has 118 valence electrons. The fourth-order valence-electron chi connectivity index (χ4n) is 3.03. The minimum Gasteiger partial charge on any atom is -0.496 e. The van der Waals surface area contributed by atoms with Crippen LogP contribution < -0.4 is 19.5 Å². The lowest BCUT2D eigenvalue weighted by Gasteiger charge is -2.24. The van der Waals surface area contributed by atoms with Gasteiger partial charge in [0.1, 0.15) is 23.9 Å². The second-order valence-corrected chi connectivity index (χ2v) is 5.57. The zero-order valence-corrected chi connectivity index (χ0v) is 13.4. The molecule has 0 amide bonds. The van der Waals surface area contributed by atoms with Gasteiger partial charge in [-0.1, -0.05) is 19.8 Å². The van der Waals surface area contributed by atoms with Crippen molar-refractivity contribution in [2.24, 2.45) is 5.92 Å². The van der Waals surface area contributed by atoms with Crippen LogP contribution in [0.1, 0.15) is 32.6 Å². The van der Waals surface area contributed by atoms with Crippen molar-refractivity contribution in [2.75, 3.05) is 27.4 Å². The summed E-state index contributed by atoms with van der Waals surface area (Å²) < 4.78 is 16.5. The zero-order valence-electron chi connectivity index (χ0n) is 13.4. The van der Waals surface area contributed by atoms with E-state index >= 15 is 0 Å². The highest BCUT2D eigenvalue weighted by atomic mass is 16.5. The van der Waals surface area contributed by atoms with Crippen LogP contribution in [0.5, 0.6) is 17.2 Å². The summed E-state index contributed by atoms with van der Waals surface area (Å²) in [5, 5.41) is 3.56. The van der Waals surface area contributed by atoms with Crippen molar-refractivity contribution in [1.82, 2.24) is 5.32 Å². The lowest BCUT2D eigenvalue weighted by Crippen LogP contribution is -2.40. The predicted molar refractivity (Wildman–Crippen MR) is 84.5 cm³/mol. The molecular weight excluding hydrogens is 266 g/mol. The van der Waals surface area contributed by atoms with Crippen LogP contribution in [0.15, 0.2) is 18.2 Å². The van der Waals surface area contributed by atoms with Gasteiger partial charge >= 0.3 is 0 Å². The van der Waals surface area contributed by atoms with Gasteiger partial charge < -0.3 is 19.5 Å². The van der Waals surface area contributed by atoms with E-state index in [0.717, 1.165) is 29.7 Å². The average molecular weight is 293 g/mol. The Bertz CT molecular complexity index is 408. The van der Waals surface area contributed by atoms with Gasteiger partial charge in [0.2, 0.25) is 0 Å². The topological polar surface area (TPSA) is 39.7 Å².